The molecule has 1 N–H and O–H groups in total. The predicted molar refractivity (Wildman–Crippen MR) is 134 cm³/mol. The number of hydrogen-bond donors (Lipinski definition) is 1. The first-order valence-electron chi connectivity index (χ1n) is 11.1. The fraction of sp³-hybridized carbons (Fsp3) is 0.231. The van der Waals surface area contributed by atoms with E-state index in [-0.39, 0.29) is 10.7 Å². The molecule has 0 aliphatic rings. The van der Waals surface area contributed by atoms with E-state index in [9.17, 15) is 9.59 Å². The lowest BCUT2D eigenvalue weighted by atomic mass is 10.2. The number of esters is 1. The molecule has 2 aromatic carbocycles. The number of carbonyl (C=O) groups is 2. The highest BCUT2D eigenvalue weighted by Gasteiger charge is 2.23. The number of nitrogens with zero attached hydrogens (tertiary/aromatic N) is 4. The molecule has 9 heteroatoms. The number of aryl methyl sites for hydroxylation is 3. The molecule has 0 aliphatic carbocycles. The predicted octanol–water partition coefficient (Wildman–Crippen LogP) is 4.80. The van der Waals surface area contributed by atoms with Crippen LogP contribution in [0.5, 0.6) is 0 Å². The minimum absolute atomic E-state index is 0.148. The van der Waals surface area contributed by atoms with Gasteiger partial charge in [0.25, 0.3) is 5.91 Å². The number of aromatic nitrogens is 4. The molecule has 4 rings (SSSR count). The van der Waals surface area contributed by atoms with Crippen LogP contribution < -0.4 is 5.32 Å². The van der Waals surface area contributed by atoms with E-state index in [1.165, 1.54) is 4.68 Å². The van der Waals surface area contributed by atoms with Gasteiger partial charge in [-0.1, -0.05) is 59.6 Å². The van der Waals surface area contributed by atoms with E-state index in [2.05, 4.69) is 15.5 Å². The molecule has 0 fully saturated rings. The van der Waals surface area contributed by atoms with Crippen molar-refractivity contribution in [3.8, 4) is 5.69 Å². The summed E-state index contributed by atoms with van der Waals surface area (Å²) < 4.78 is 8.56. The normalized spacial score (nSPS) is 10.9. The van der Waals surface area contributed by atoms with Gasteiger partial charge in [-0.05, 0) is 45.4 Å². The van der Waals surface area contributed by atoms with Crippen molar-refractivity contribution in [1.29, 1.82) is 0 Å². The summed E-state index contributed by atoms with van der Waals surface area (Å²) in [5, 5.41) is 11.9. The Morgan fingerprint density at radius 2 is 1.63 bits per heavy atom. The molecule has 180 valence electrons. The van der Waals surface area contributed by atoms with E-state index in [4.69, 9.17) is 16.3 Å². The van der Waals surface area contributed by atoms with Crippen LogP contribution in [0.4, 0.5) is 5.69 Å². The topological polar surface area (TPSA) is 91.0 Å². The molecule has 1 amide bonds. The van der Waals surface area contributed by atoms with Crippen LogP contribution in [0.15, 0.2) is 54.6 Å². The molecule has 0 atom stereocenters. The number of nitrogens with one attached hydrogen (secondary N) is 1. The van der Waals surface area contributed by atoms with Crippen molar-refractivity contribution >= 4 is 29.2 Å². The summed E-state index contributed by atoms with van der Waals surface area (Å²) in [7, 11) is 0. The summed E-state index contributed by atoms with van der Waals surface area (Å²) in [6, 6.07) is 17.6. The number of ether oxygens (including phenoxy) is 1. The van der Waals surface area contributed by atoms with Gasteiger partial charge in [0.15, 0.2) is 6.61 Å². The van der Waals surface area contributed by atoms with Gasteiger partial charge in [0.1, 0.15) is 10.7 Å². The molecule has 2 heterocycles. The lowest BCUT2D eigenvalue weighted by Gasteiger charge is -2.08. The summed E-state index contributed by atoms with van der Waals surface area (Å²) in [5.41, 5.74) is 5.62. The maximum absolute atomic E-state index is 12.7. The minimum Gasteiger partial charge on any atom is -0.452 e. The number of amides is 1. The lowest BCUT2D eigenvalue weighted by molar-refractivity contribution is -0.119. The zero-order valence-corrected chi connectivity index (χ0v) is 20.8. The largest absolute Gasteiger partial charge is 0.452 e. The van der Waals surface area contributed by atoms with E-state index >= 15 is 0 Å². The van der Waals surface area contributed by atoms with E-state index in [0.29, 0.717) is 23.6 Å². The molecule has 0 unspecified atom stereocenters. The molecule has 0 bridgehead atoms. The van der Waals surface area contributed by atoms with Crippen molar-refractivity contribution in [1.82, 2.24) is 19.6 Å². The van der Waals surface area contributed by atoms with Gasteiger partial charge in [-0.25, -0.2) is 14.2 Å². The van der Waals surface area contributed by atoms with E-state index in [1.807, 2.05) is 75.4 Å². The minimum atomic E-state index is -0.703. The molecule has 2 aromatic heterocycles. The summed E-state index contributed by atoms with van der Waals surface area (Å²) in [6.07, 6.45) is 0. The van der Waals surface area contributed by atoms with E-state index in [1.54, 1.807) is 11.6 Å². The first kappa shape index (κ1) is 24.2. The summed E-state index contributed by atoms with van der Waals surface area (Å²) >= 11 is 6.42. The number of rotatable bonds is 7. The monoisotopic (exact) mass is 491 g/mol. The van der Waals surface area contributed by atoms with Crippen LogP contribution in [0.2, 0.25) is 5.15 Å². The molecule has 35 heavy (non-hydrogen) atoms. The summed E-state index contributed by atoms with van der Waals surface area (Å²) in [4.78, 5) is 25.3. The highest BCUT2D eigenvalue weighted by Crippen LogP contribution is 2.24. The standard InChI is InChI=1S/C26H26ClN5O3/c1-16-10-12-21(13-11-16)32-19(4)24(18(3)30-32)28-22(33)15-35-26(34)23-17(2)29-31(25(23)27)14-20-8-6-5-7-9-20/h5-13H,14-15H2,1-4H3,(H,28,33). The molecule has 0 saturated heterocycles. The summed E-state index contributed by atoms with van der Waals surface area (Å²) in [6.45, 7) is 7.32. The molecule has 0 saturated carbocycles. The molecule has 8 nitrogen and oxygen atoms in total. The fourth-order valence-electron chi connectivity index (χ4n) is 3.79. The van der Waals surface area contributed by atoms with Gasteiger partial charge in [-0.2, -0.15) is 10.2 Å². The number of hydrogen-bond acceptors (Lipinski definition) is 5. The molecule has 0 spiro atoms. The highest BCUT2D eigenvalue weighted by molar-refractivity contribution is 6.32. The number of halogens is 1. The molecule has 4 aromatic rings. The van der Waals surface area contributed by atoms with Gasteiger partial charge in [0, 0.05) is 0 Å². The zero-order chi connectivity index (χ0) is 25.1. The third kappa shape index (κ3) is 5.27. The van der Waals surface area contributed by atoms with Crippen LogP contribution in [-0.2, 0) is 16.1 Å². The second kappa shape index (κ2) is 10.1. The van der Waals surface area contributed by atoms with Crippen molar-refractivity contribution in [2.24, 2.45) is 0 Å². The number of benzene rings is 2. The number of carbonyl (C=O) groups excluding carboxylic acids is 2. The van der Waals surface area contributed by atoms with E-state index < -0.39 is 18.5 Å². The Morgan fingerprint density at radius 1 is 0.943 bits per heavy atom. The van der Waals surface area contributed by atoms with Gasteiger partial charge in [0.05, 0.1) is 35.0 Å². The highest BCUT2D eigenvalue weighted by atomic mass is 35.5. The van der Waals surface area contributed by atoms with Gasteiger partial charge >= 0.3 is 5.97 Å². The molecular formula is C26H26ClN5O3. The third-order valence-corrected chi connectivity index (χ3v) is 6.00. The van der Waals surface area contributed by atoms with E-state index in [0.717, 1.165) is 22.5 Å². The first-order valence-corrected chi connectivity index (χ1v) is 11.5. The Bertz CT molecular complexity index is 1370. The van der Waals surface area contributed by atoms with Crippen molar-refractivity contribution in [2.75, 3.05) is 11.9 Å². The lowest BCUT2D eigenvalue weighted by Crippen LogP contribution is -2.22. The van der Waals surface area contributed by atoms with Crippen LogP contribution in [0.3, 0.4) is 0 Å². The summed E-state index contributed by atoms with van der Waals surface area (Å²) in [5.74, 6) is -1.18. The molecular weight excluding hydrogens is 466 g/mol. The molecule has 0 radical (unpaired) electrons. The Morgan fingerprint density at radius 3 is 2.31 bits per heavy atom. The second-order valence-electron chi connectivity index (χ2n) is 8.31. The van der Waals surface area contributed by atoms with Crippen molar-refractivity contribution in [3.05, 3.63) is 93.5 Å². The quantitative estimate of drug-likeness (QED) is 0.375. The van der Waals surface area contributed by atoms with Gasteiger partial charge < -0.3 is 10.1 Å². The zero-order valence-electron chi connectivity index (χ0n) is 20.0. The average Bonchev–Trinajstić information content (AvgIpc) is 3.27. The second-order valence-corrected chi connectivity index (χ2v) is 8.67. The average molecular weight is 492 g/mol. The van der Waals surface area contributed by atoms with Crippen LogP contribution in [-0.4, -0.2) is 38.0 Å². The van der Waals surface area contributed by atoms with Crippen molar-refractivity contribution < 1.29 is 14.3 Å². The van der Waals surface area contributed by atoms with Crippen LogP contribution in [0.25, 0.3) is 5.69 Å². The molecule has 0 aliphatic heterocycles. The first-order chi connectivity index (χ1) is 16.7. The van der Waals surface area contributed by atoms with Gasteiger partial charge in [-0.15, -0.1) is 0 Å². The van der Waals surface area contributed by atoms with Crippen molar-refractivity contribution in [2.45, 2.75) is 34.2 Å². The maximum Gasteiger partial charge on any atom is 0.343 e. The van der Waals surface area contributed by atoms with Crippen molar-refractivity contribution in [3.63, 3.8) is 0 Å². The van der Waals surface area contributed by atoms with Gasteiger partial charge in [-0.3, -0.25) is 4.79 Å². The Hall–Kier alpha value is -3.91. The van der Waals surface area contributed by atoms with Crippen LogP contribution in [0, 0.1) is 27.7 Å². The Labute approximate surface area is 208 Å². The Kier molecular flexibility index (Phi) is 7.02. The third-order valence-electron chi connectivity index (χ3n) is 5.61. The number of anilines is 1. The fourth-order valence-corrected chi connectivity index (χ4v) is 4.10. The van der Waals surface area contributed by atoms with Crippen LogP contribution >= 0.6 is 11.6 Å². The maximum atomic E-state index is 12.7. The Balaban J connectivity index is 1.41. The van der Waals surface area contributed by atoms with Crippen LogP contribution in [0.1, 0.15) is 38.6 Å². The smallest absolute Gasteiger partial charge is 0.343 e. The SMILES string of the molecule is Cc1ccc(-n2nc(C)c(NC(=O)COC(=O)c3c(C)nn(Cc4ccccc4)c3Cl)c2C)cc1. The van der Waals surface area contributed by atoms with Gasteiger partial charge in [0.2, 0.25) is 0 Å².